The van der Waals surface area contributed by atoms with Gasteiger partial charge in [-0.2, -0.15) is 0 Å². The second-order valence-electron chi connectivity index (χ2n) is 4.90. The topological polar surface area (TPSA) is 55.4 Å². The number of hydrogen-bond donors (Lipinski definition) is 1. The molecular weight excluding hydrogens is 322 g/mol. The van der Waals surface area contributed by atoms with Crippen molar-refractivity contribution in [2.75, 3.05) is 11.9 Å². The van der Waals surface area contributed by atoms with Gasteiger partial charge in [0.2, 0.25) is 5.91 Å². The van der Waals surface area contributed by atoms with E-state index in [2.05, 4.69) is 35.1 Å². The van der Waals surface area contributed by atoms with Crippen LogP contribution in [0.4, 0.5) is 5.69 Å². The molecule has 0 heterocycles. The lowest BCUT2D eigenvalue weighted by Gasteiger charge is -2.10. The van der Waals surface area contributed by atoms with Crippen molar-refractivity contribution in [3.8, 4) is 0 Å². The fraction of sp³-hybridized carbons (Fsp3) is 0.467. The van der Waals surface area contributed by atoms with Gasteiger partial charge in [-0.25, -0.2) is 4.79 Å². The number of rotatable bonds is 6. The van der Waals surface area contributed by atoms with Gasteiger partial charge in [0.15, 0.2) is 0 Å². The highest BCUT2D eigenvalue weighted by molar-refractivity contribution is 9.10. The molecule has 1 rings (SSSR count). The van der Waals surface area contributed by atoms with E-state index < -0.39 is 0 Å². The molecule has 5 heteroatoms. The molecule has 0 saturated carbocycles. The first kappa shape index (κ1) is 16.7. The van der Waals surface area contributed by atoms with Gasteiger partial charge in [0.05, 0.1) is 17.9 Å². The molecule has 1 amide bonds. The van der Waals surface area contributed by atoms with Crippen molar-refractivity contribution in [1.29, 1.82) is 0 Å². The molecule has 0 spiro atoms. The van der Waals surface area contributed by atoms with E-state index in [4.69, 9.17) is 4.74 Å². The van der Waals surface area contributed by atoms with Gasteiger partial charge >= 0.3 is 5.97 Å². The standard InChI is InChI=1S/C15H20BrNO3/c1-4-20-15(19)11-6-7-13(12(16)9-11)17-14(18)8-5-10(2)3/h6-7,9-10H,4-5,8H2,1-3H3,(H,17,18). The summed E-state index contributed by atoms with van der Waals surface area (Å²) >= 11 is 3.35. The molecule has 20 heavy (non-hydrogen) atoms. The van der Waals surface area contributed by atoms with E-state index in [1.54, 1.807) is 25.1 Å². The van der Waals surface area contributed by atoms with E-state index in [-0.39, 0.29) is 11.9 Å². The Balaban J connectivity index is 2.68. The molecule has 0 atom stereocenters. The van der Waals surface area contributed by atoms with E-state index in [0.29, 0.717) is 34.7 Å². The smallest absolute Gasteiger partial charge is 0.338 e. The highest BCUT2D eigenvalue weighted by Gasteiger charge is 2.11. The average molecular weight is 342 g/mol. The summed E-state index contributed by atoms with van der Waals surface area (Å²) in [5.41, 5.74) is 1.12. The number of halogens is 1. The van der Waals surface area contributed by atoms with Crippen LogP contribution in [0.1, 0.15) is 44.0 Å². The van der Waals surface area contributed by atoms with Crippen LogP contribution in [0.25, 0.3) is 0 Å². The van der Waals surface area contributed by atoms with Gasteiger partial charge < -0.3 is 10.1 Å². The Bertz CT molecular complexity index is 486. The number of anilines is 1. The average Bonchev–Trinajstić information content (AvgIpc) is 2.39. The second-order valence-corrected chi connectivity index (χ2v) is 5.75. The second kappa shape index (κ2) is 8.04. The van der Waals surface area contributed by atoms with Crippen LogP contribution in [0.15, 0.2) is 22.7 Å². The van der Waals surface area contributed by atoms with E-state index in [1.807, 2.05) is 0 Å². The molecule has 0 saturated heterocycles. The summed E-state index contributed by atoms with van der Waals surface area (Å²) in [5, 5.41) is 2.83. The highest BCUT2D eigenvalue weighted by Crippen LogP contribution is 2.24. The van der Waals surface area contributed by atoms with Crippen LogP contribution in [-0.4, -0.2) is 18.5 Å². The summed E-state index contributed by atoms with van der Waals surface area (Å²) in [6.07, 6.45) is 1.34. The molecule has 1 aromatic carbocycles. The molecule has 0 aliphatic heterocycles. The van der Waals surface area contributed by atoms with Crippen molar-refractivity contribution in [1.82, 2.24) is 0 Å². The lowest BCUT2D eigenvalue weighted by Crippen LogP contribution is -2.13. The SMILES string of the molecule is CCOC(=O)c1ccc(NC(=O)CCC(C)C)c(Br)c1. The number of benzene rings is 1. The monoisotopic (exact) mass is 341 g/mol. The first-order chi connectivity index (χ1) is 9.43. The lowest BCUT2D eigenvalue weighted by atomic mass is 10.1. The minimum atomic E-state index is -0.370. The Morgan fingerprint density at radius 3 is 2.60 bits per heavy atom. The van der Waals surface area contributed by atoms with Gasteiger partial charge in [-0.15, -0.1) is 0 Å². The number of hydrogen-bond acceptors (Lipinski definition) is 3. The van der Waals surface area contributed by atoms with Gasteiger partial charge in [0.1, 0.15) is 0 Å². The summed E-state index contributed by atoms with van der Waals surface area (Å²) in [6, 6.07) is 4.99. The van der Waals surface area contributed by atoms with Crippen LogP contribution in [0.5, 0.6) is 0 Å². The van der Waals surface area contributed by atoms with Crippen LogP contribution >= 0.6 is 15.9 Å². The zero-order chi connectivity index (χ0) is 15.1. The zero-order valence-electron chi connectivity index (χ0n) is 12.0. The number of esters is 1. The molecule has 0 fully saturated rings. The minimum absolute atomic E-state index is 0.0247. The molecular formula is C15H20BrNO3. The molecule has 0 aromatic heterocycles. The number of carbonyl (C=O) groups excluding carboxylic acids is 2. The van der Waals surface area contributed by atoms with E-state index in [1.165, 1.54) is 0 Å². The van der Waals surface area contributed by atoms with Crippen LogP contribution < -0.4 is 5.32 Å². The van der Waals surface area contributed by atoms with Crippen molar-refractivity contribution >= 4 is 33.5 Å². The fourth-order valence-electron chi connectivity index (χ4n) is 1.59. The minimum Gasteiger partial charge on any atom is -0.462 e. The molecule has 0 aliphatic rings. The number of amides is 1. The predicted octanol–water partition coefficient (Wildman–Crippen LogP) is 4.00. The Kier molecular flexibility index (Phi) is 6.71. The first-order valence-corrected chi connectivity index (χ1v) is 7.49. The third kappa shape index (κ3) is 5.33. The largest absolute Gasteiger partial charge is 0.462 e. The van der Waals surface area contributed by atoms with Crippen molar-refractivity contribution in [3.63, 3.8) is 0 Å². The molecule has 4 nitrogen and oxygen atoms in total. The maximum absolute atomic E-state index is 11.8. The Labute approximate surface area is 128 Å². The molecule has 1 aromatic rings. The molecule has 0 unspecified atom stereocenters. The zero-order valence-corrected chi connectivity index (χ0v) is 13.6. The van der Waals surface area contributed by atoms with E-state index >= 15 is 0 Å². The molecule has 0 bridgehead atoms. The predicted molar refractivity (Wildman–Crippen MR) is 82.8 cm³/mol. The van der Waals surface area contributed by atoms with Crippen LogP contribution in [0, 0.1) is 5.92 Å². The van der Waals surface area contributed by atoms with Crippen molar-refractivity contribution < 1.29 is 14.3 Å². The van der Waals surface area contributed by atoms with Crippen molar-refractivity contribution in [3.05, 3.63) is 28.2 Å². The first-order valence-electron chi connectivity index (χ1n) is 6.70. The maximum atomic E-state index is 11.8. The van der Waals surface area contributed by atoms with Gasteiger partial charge in [-0.05, 0) is 53.4 Å². The van der Waals surface area contributed by atoms with Crippen LogP contribution in [0.2, 0.25) is 0 Å². The number of nitrogens with one attached hydrogen (secondary N) is 1. The Morgan fingerprint density at radius 1 is 1.35 bits per heavy atom. The third-order valence-corrected chi connectivity index (χ3v) is 3.36. The van der Waals surface area contributed by atoms with Gasteiger partial charge in [-0.1, -0.05) is 13.8 Å². The quantitative estimate of drug-likeness (QED) is 0.795. The van der Waals surface area contributed by atoms with Crippen LogP contribution in [0.3, 0.4) is 0 Å². The number of carbonyl (C=O) groups is 2. The lowest BCUT2D eigenvalue weighted by molar-refractivity contribution is -0.116. The van der Waals surface area contributed by atoms with E-state index in [9.17, 15) is 9.59 Å². The van der Waals surface area contributed by atoms with E-state index in [0.717, 1.165) is 6.42 Å². The van der Waals surface area contributed by atoms with Gasteiger partial charge in [0.25, 0.3) is 0 Å². The summed E-state index contributed by atoms with van der Waals surface area (Å²) < 4.78 is 5.59. The molecule has 0 radical (unpaired) electrons. The Morgan fingerprint density at radius 2 is 2.05 bits per heavy atom. The maximum Gasteiger partial charge on any atom is 0.338 e. The van der Waals surface area contributed by atoms with Crippen LogP contribution in [-0.2, 0) is 9.53 Å². The summed E-state index contributed by atoms with van der Waals surface area (Å²) in [6.45, 7) is 6.26. The highest BCUT2D eigenvalue weighted by atomic mass is 79.9. The summed E-state index contributed by atoms with van der Waals surface area (Å²) in [4.78, 5) is 23.3. The molecule has 0 aliphatic carbocycles. The van der Waals surface area contributed by atoms with Crippen molar-refractivity contribution in [2.45, 2.75) is 33.6 Å². The van der Waals surface area contributed by atoms with Gasteiger partial charge in [0, 0.05) is 10.9 Å². The summed E-state index contributed by atoms with van der Waals surface area (Å²) in [7, 11) is 0. The Hall–Kier alpha value is -1.36. The fourth-order valence-corrected chi connectivity index (χ4v) is 2.07. The third-order valence-electron chi connectivity index (χ3n) is 2.70. The normalized spacial score (nSPS) is 10.4. The van der Waals surface area contributed by atoms with Gasteiger partial charge in [-0.3, -0.25) is 4.79 Å². The van der Waals surface area contributed by atoms with Crippen molar-refractivity contribution in [2.24, 2.45) is 5.92 Å². The molecule has 110 valence electrons. The molecule has 1 N–H and O–H groups in total. The number of ether oxygens (including phenoxy) is 1. The summed E-state index contributed by atoms with van der Waals surface area (Å²) in [5.74, 6) is 0.101.